The molecule has 4 heteroatoms. The van der Waals surface area contributed by atoms with Crippen LogP contribution in [0.25, 0.3) is 0 Å². The maximum atomic E-state index is 11.6. The molecule has 0 atom stereocenters. The van der Waals surface area contributed by atoms with E-state index in [9.17, 15) is 4.79 Å². The number of hydrogen-bond acceptors (Lipinski definition) is 3. The second-order valence-corrected chi connectivity index (χ2v) is 5.47. The summed E-state index contributed by atoms with van der Waals surface area (Å²) >= 11 is 0. The van der Waals surface area contributed by atoms with Crippen LogP contribution in [0.2, 0.25) is 0 Å². The smallest absolute Gasteiger partial charge is 0.221 e. The van der Waals surface area contributed by atoms with Crippen LogP contribution in [0.1, 0.15) is 38.6 Å². The molecule has 0 saturated heterocycles. The van der Waals surface area contributed by atoms with Gasteiger partial charge in [-0.2, -0.15) is 0 Å². The summed E-state index contributed by atoms with van der Waals surface area (Å²) in [5.74, 6) is 0.0510. The molecule has 4 nitrogen and oxygen atoms in total. The number of rotatable bonds is 5. The first-order valence-corrected chi connectivity index (χ1v) is 6.31. The lowest BCUT2D eigenvalue weighted by Gasteiger charge is -2.20. The van der Waals surface area contributed by atoms with E-state index in [-0.39, 0.29) is 11.4 Å². The molecule has 1 heterocycles. The van der Waals surface area contributed by atoms with E-state index in [1.54, 1.807) is 0 Å². The molecule has 0 aliphatic heterocycles. The third-order valence-electron chi connectivity index (χ3n) is 2.42. The van der Waals surface area contributed by atoms with Crippen molar-refractivity contribution in [3.8, 4) is 0 Å². The number of carbonyl (C=O) groups is 1. The van der Waals surface area contributed by atoms with E-state index in [1.165, 1.54) is 0 Å². The molecule has 0 spiro atoms. The van der Waals surface area contributed by atoms with E-state index >= 15 is 0 Å². The summed E-state index contributed by atoms with van der Waals surface area (Å²) in [6, 6.07) is 5.81. The minimum Gasteiger partial charge on any atom is -0.350 e. The molecule has 100 valence electrons. The third kappa shape index (κ3) is 6.35. The van der Waals surface area contributed by atoms with E-state index in [0.717, 1.165) is 11.4 Å². The minimum absolute atomic E-state index is 0.0510. The van der Waals surface area contributed by atoms with E-state index in [0.29, 0.717) is 19.5 Å². The fraction of sp³-hybridized carbons (Fsp3) is 0.571. The summed E-state index contributed by atoms with van der Waals surface area (Å²) in [5, 5.41) is 6.15. The monoisotopic (exact) mass is 249 g/mol. The quantitative estimate of drug-likeness (QED) is 0.836. The van der Waals surface area contributed by atoms with Crippen molar-refractivity contribution in [3.63, 3.8) is 0 Å². The molecule has 1 aromatic heterocycles. The fourth-order valence-electron chi connectivity index (χ4n) is 1.53. The zero-order valence-corrected chi connectivity index (χ0v) is 11.7. The Hall–Kier alpha value is -1.42. The standard InChI is InChI=1S/C14H23N3O/c1-11-6-5-7-12(17-11)10-15-13(18)8-9-16-14(2,3)4/h5-7,16H,8-10H2,1-4H3,(H,15,18). The highest BCUT2D eigenvalue weighted by molar-refractivity contribution is 5.76. The highest BCUT2D eigenvalue weighted by atomic mass is 16.1. The van der Waals surface area contributed by atoms with Crippen LogP contribution in [0.4, 0.5) is 0 Å². The van der Waals surface area contributed by atoms with Gasteiger partial charge in [0.2, 0.25) is 5.91 Å². The molecule has 0 fully saturated rings. The van der Waals surface area contributed by atoms with Crippen molar-refractivity contribution in [1.29, 1.82) is 0 Å². The normalized spacial score (nSPS) is 11.3. The first-order valence-electron chi connectivity index (χ1n) is 6.31. The lowest BCUT2D eigenvalue weighted by Crippen LogP contribution is -2.38. The van der Waals surface area contributed by atoms with Gasteiger partial charge in [0.1, 0.15) is 0 Å². The largest absolute Gasteiger partial charge is 0.350 e. The van der Waals surface area contributed by atoms with Gasteiger partial charge in [0.05, 0.1) is 12.2 Å². The number of pyridine rings is 1. The van der Waals surface area contributed by atoms with Gasteiger partial charge in [0.25, 0.3) is 0 Å². The Kier molecular flexibility index (Phi) is 5.28. The first-order chi connectivity index (χ1) is 8.37. The Labute approximate surface area is 109 Å². The Balaban J connectivity index is 2.25. The zero-order chi connectivity index (χ0) is 13.6. The number of nitrogens with one attached hydrogen (secondary N) is 2. The summed E-state index contributed by atoms with van der Waals surface area (Å²) in [6.45, 7) is 9.38. The van der Waals surface area contributed by atoms with Crippen molar-refractivity contribution < 1.29 is 4.79 Å². The third-order valence-corrected chi connectivity index (χ3v) is 2.42. The Morgan fingerprint density at radius 2 is 2.06 bits per heavy atom. The van der Waals surface area contributed by atoms with Crippen LogP contribution in [-0.2, 0) is 11.3 Å². The van der Waals surface area contributed by atoms with Gasteiger partial charge in [-0.05, 0) is 39.8 Å². The Morgan fingerprint density at radius 3 is 2.67 bits per heavy atom. The number of amides is 1. The summed E-state index contributed by atoms with van der Waals surface area (Å²) in [6.07, 6.45) is 0.489. The summed E-state index contributed by atoms with van der Waals surface area (Å²) in [4.78, 5) is 15.9. The highest BCUT2D eigenvalue weighted by Gasteiger charge is 2.09. The topological polar surface area (TPSA) is 54.0 Å². The van der Waals surface area contributed by atoms with Crippen LogP contribution in [0.5, 0.6) is 0 Å². The molecule has 0 aromatic carbocycles. The van der Waals surface area contributed by atoms with Crippen LogP contribution >= 0.6 is 0 Å². The predicted octanol–water partition coefficient (Wildman–Crippen LogP) is 1.78. The van der Waals surface area contributed by atoms with Gasteiger partial charge < -0.3 is 10.6 Å². The van der Waals surface area contributed by atoms with Crippen LogP contribution in [0.3, 0.4) is 0 Å². The van der Waals surface area contributed by atoms with Crippen LogP contribution in [0.15, 0.2) is 18.2 Å². The summed E-state index contributed by atoms with van der Waals surface area (Å²) in [7, 11) is 0. The lowest BCUT2D eigenvalue weighted by molar-refractivity contribution is -0.121. The lowest BCUT2D eigenvalue weighted by atomic mass is 10.1. The molecule has 18 heavy (non-hydrogen) atoms. The number of aryl methyl sites for hydroxylation is 1. The molecular formula is C14H23N3O. The Morgan fingerprint density at radius 1 is 1.33 bits per heavy atom. The summed E-state index contributed by atoms with van der Waals surface area (Å²) in [5.41, 5.74) is 1.92. The first kappa shape index (κ1) is 14.6. The maximum absolute atomic E-state index is 11.6. The molecule has 1 aromatic rings. The average molecular weight is 249 g/mol. The van der Waals surface area contributed by atoms with Crippen molar-refractivity contribution in [2.75, 3.05) is 6.54 Å². The highest BCUT2D eigenvalue weighted by Crippen LogP contribution is 1.99. The van der Waals surface area contributed by atoms with Crippen molar-refractivity contribution in [1.82, 2.24) is 15.6 Å². The van der Waals surface area contributed by atoms with Gasteiger partial charge in [0, 0.05) is 24.2 Å². The van der Waals surface area contributed by atoms with Gasteiger partial charge >= 0.3 is 0 Å². The van der Waals surface area contributed by atoms with Crippen molar-refractivity contribution in [2.24, 2.45) is 0 Å². The number of carbonyl (C=O) groups excluding carboxylic acids is 1. The molecule has 0 saturated carbocycles. The molecule has 0 radical (unpaired) electrons. The Bertz CT molecular complexity index is 396. The van der Waals surface area contributed by atoms with Crippen LogP contribution < -0.4 is 10.6 Å². The molecule has 0 bridgehead atoms. The maximum Gasteiger partial charge on any atom is 0.221 e. The van der Waals surface area contributed by atoms with E-state index in [4.69, 9.17) is 0 Å². The van der Waals surface area contributed by atoms with Gasteiger partial charge in [-0.15, -0.1) is 0 Å². The molecule has 1 rings (SSSR count). The molecule has 0 unspecified atom stereocenters. The molecule has 0 aliphatic rings. The predicted molar refractivity (Wildman–Crippen MR) is 73.2 cm³/mol. The molecule has 0 aliphatic carbocycles. The fourth-order valence-corrected chi connectivity index (χ4v) is 1.53. The SMILES string of the molecule is Cc1cccc(CNC(=O)CCNC(C)(C)C)n1. The minimum atomic E-state index is 0.0510. The number of aromatic nitrogens is 1. The number of nitrogens with zero attached hydrogens (tertiary/aromatic N) is 1. The van der Waals surface area contributed by atoms with Gasteiger partial charge in [-0.25, -0.2) is 0 Å². The molecular weight excluding hydrogens is 226 g/mol. The van der Waals surface area contributed by atoms with Crippen molar-refractivity contribution in [3.05, 3.63) is 29.6 Å². The number of hydrogen-bond donors (Lipinski definition) is 2. The molecule has 1 amide bonds. The zero-order valence-electron chi connectivity index (χ0n) is 11.7. The van der Waals surface area contributed by atoms with Crippen molar-refractivity contribution in [2.45, 2.75) is 46.2 Å². The van der Waals surface area contributed by atoms with Gasteiger partial charge in [0.15, 0.2) is 0 Å². The van der Waals surface area contributed by atoms with E-state index in [1.807, 2.05) is 25.1 Å². The van der Waals surface area contributed by atoms with E-state index < -0.39 is 0 Å². The second kappa shape index (κ2) is 6.50. The van der Waals surface area contributed by atoms with E-state index in [2.05, 4.69) is 36.4 Å². The molecule has 2 N–H and O–H groups in total. The van der Waals surface area contributed by atoms with Gasteiger partial charge in [-0.1, -0.05) is 6.07 Å². The average Bonchev–Trinajstić information content (AvgIpc) is 2.25. The second-order valence-electron chi connectivity index (χ2n) is 5.47. The van der Waals surface area contributed by atoms with Crippen LogP contribution in [0, 0.1) is 6.92 Å². The van der Waals surface area contributed by atoms with Crippen LogP contribution in [-0.4, -0.2) is 23.0 Å². The summed E-state index contributed by atoms with van der Waals surface area (Å²) < 4.78 is 0. The van der Waals surface area contributed by atoms with Gasteiger partial charge in [-0.3, -0.25) is 9.78 Å². The van der Waals surface area contributed by atoms with Crippen molar-refractivity contribution >= 4 is 5.91 Å².